The standard InChI is InChI=1S/C17H17NO/c1-12-6-8-13(9-7-12)15-11-10-14-4-2-3-5-16(14)18-17(15)19/h2-9,15H,10-11H2,1H3,(H,18,19). The van der Waals surface area contributed by atoms with Gasteiger partial charge in [0.25, 0.3) is 0 Å². The second-order valence-corrected chi connectivity index (χ2v) is 5.15. The van der Waals surface area contributed by atoms with Crippen molar-refractivity contribution in [3.8, 4) is 0 Å². The first-order valence-electron chi connectivity index (χ1n) is 6.69. The fraction of sp³-hybridized carbons (Fsp3) is 0.235. The van der Waals surface area contributed by atoms with Crippen molar-refractivity contribution in [1.29, 1.82) is 0 Å². The van der Waals surface area contributed by atoms with Crippen molar-refractivity contribution < 1.29 is 4.79 Å². The minimum absolute atomic E-state index is 0.0481. The summed E-state index contributed by atoms with van der Waals surface area (Å²) in [6, 6.07) is 16.3. The molecule has 1 amide bonds. The summed E-state index contributed by atoms with van der Waals surface area (Å²) < 4.78 is 0. The lowest BCUT2D eigenvalue weighted by Gasteiger charge is -2.13. The molecular weight excluding hydrogens is 234 g/mol. The number of hydrogen-bond acceptors (Lipinski definition) is 1. The fourth-order valence-electron chi connectivity index (χ4n) is 2.63. The maximum Gasteiger partial charge on any atom is 0.231 e. The number of amides is 1. The first kappa shape index (κ1) is 12.0. The smallest absolute Gasteiger partial charge is 0.231 e. The first-order chi connectivity index (χ1) is 9.24. The monoisotopic (exact) mass is 251 g/mol. The maximum absolute atomic E-state index is 12.4. The third-order valence-electron chi connectivity index (χ3n) is 3.77. The molecule has 1 N–H and O–H groups in total. The first-order valence-corrected chi connectivity index (χ1v) is 6.69. The number of fused-ring (bicyclic) bond motifs is 1. The van der Waals surface area contributed by atoms with Crippen LogP contribution in [0.3, 0.4) is 0 Å². The summed E-state index contributed by atoms with van der Waals surface area (Å²) in [7, 11) is 0. The molecule has 2 aromatic carbocycles. The van der Waals surface area contributed by atoms with Gasteiger partial charge in [0.2, 0.25) is 5.91 Å². The largest absolute Gasteiger partial charge is 0.325 e. The summed E-state index contributed by atoms with van der Waals surface area (Å²) in [5.41, 5.74) is 4.52. The van der Waals surface area contributed by atoms with Gasteiger partial charge in [-0.3, -0.25) is 4.79 Å². The van der Waals surface area contributed by atoms with E-state index in [2.05, 4.69) is 42.6 Å². The SMILES string of the molecule is Cc1ccc(C2CCc3ccccc3NC2=O)cc1. The molecule has 0 saturated carbocycles. The molecule has 1 atom stereocenters. The van der Waals surface area contributed by atoms with Crippen LogP contribution < -0.4 is 5.32 Å². The molecule has 0 aliphatic carbocycles. The predicted octanol–water partition coefficient (Wildman–Crippen LogP) is 3.66. The van der Waals surface area contributed by atoms with Gasteiger partial charge in [-0.1, -0.05) is 48.0 Å². The van der Waals surface area contributed by atoms with Crippen LogP contribution >= 0.6 is 0 Å². The van der Waals surface area contributed by atoms with Crippen LogP contribution in [0.25, 0.3) is 0 Å². The van der Waals surface area contributed by atoms with Crippen LogP contribution in [0.2, 0.25) is 0 Å². The van der Waals surface area contributed by atoms with Gasteiger partial charge in [0.15, 0.2) is 0 Å². The molecular formula is C17H17NO. The van der Waals surface area contributed by atoms with Crippen LogP contribution in [0.15, 0.2) is 48.5 Å². The van der Waals surface area contributed by atoms with Gasteiger partial charge in [-0.2, -0.15) is 0 Å². The summed E-state index contributed by atoms with van der Waals surface area (Å²) in [5, 5.41) is 3.05. The van der Waals surface area contributed by atoms with Gasteiger partial charge in [-0.05, 0) is 37.0 Å². The van der Waals surface area contributed by atoms with Gasteiger partial charge in [0, 0.05) is 5.69 Å². The van der Waals surface area contributed by atoms with Gasteiger partial charge in [0.05, 0.1) is 5.92 Å². The van der Waals surface area contributed by atoms with Crippen molar-refractivity contribution in [1.82, 2.24) is 0 Å². The number of benzene rings is 2. The van der Waals surface area contributed by atoms with E-state index >= 15 is 0 Å². The highest BCUT2D eigenvalue weighted by Crippen LogP contribution is 2.30. The minimum Gasteiger partial charge on any atom is -0.325 e. The zero-order chi connectivity index (χ0) is 13.2. The van der Waals surface area contributed by atoms with Crippen LogP contribution in [0.1, 0.15) is 29.0 Å². The number of carbonyl (C=O) groups excluding carboxylic acids is 1. The summed E-state index contributed by atoms with van der Waals surface area (Å²) in [4.78, 5) is 12.4. The van der Waals surface area contributed by atoms with Crippen LogP contribution in [-0.2, 0) is 11.2 Å². The molecule has 0 saturated heterocycles. The van der Waals surface area contributed by atoms with E-state index in [1.165, 1.54) is 11.1 Å². The molecule has 1 heterocycles. The van der Waals surface area contributed by atoms with Gasteiger partial charge in [-0.15, -0.1) is 0 Å². The third kappa shape index (κ3) is 2.39. The van der Waals surface area contributed by atoms with Crippen LogP contribution in [0.5, 0.6) is 0 Å². The van der Waals surface area contributed by atoms with E-state index in [9.17, 15) is 4.79 Å². The van der Waals surface area contributed by atoms with Crippen molar-refractivity contribution in [2.75, 3.05) is 5.32 Å². The Bertz CT molecular complexity index is 601. The number of hydrogen-bond donors (Lipinski definition) is 1. The summed E-state index contributed by atoms with van der Waals surface area (Å²) in [6.45, 7) is 2.06. The molecule has 19 heavy (non-hydrogen) atoms. The van der Waals surface area contributed by atoms with Gasteiger partial charge in [-0.25, -0.2) is 0 Å². The Morgan fingerprint density at radius 3 is 2.58 bits per heavy atom. The van der Waals surface area contributed by atoms with Crippen molar-refractivity contribution in [3.63, 3.8) is 0 Å². The number of rotatable bonds is 1. The lowest BCUT2D eigenvalue weighted by molar-refractivity contribution is -0.117. The molecule has 0 fully saturated rings. The highest BCUT2D eigenvalue weighted by Gasteiger charge is 2.24. The van der Waals surface area contributed by atoms with E-state index in [1.807, 2.05) is 18.2 Å². The zero-order valence-electron chi connectivity index (χ0n) is 11.0. The molecule has 0 radical (unpaired) electrons. The molecule has 96 valence electrons. The lowest BCUT2D eigenvalue weighted by atomic mass is 9.92. The van der Waals surface area contributed by atoms with Crippen molar-refractivity contribution in [3.05, 3.63) is 65.2 Å². The summed E-state index contributed by atoms with van der Waals surface area (Å²) in [5.74, 6) is 0.0572. The molecule has 3 rings (SSSR count). The molecule has 1 aliphatic heterocycles. The average Bonchev–Trinajstić information content (AvgIpc) is 2.58. The maximum atomic E-state index is 12.4. The van der Waals surface area contributed by atoms with E-state index in [0.29, 0.717) is 0 Å². The van der Waals surface area contributed by atoms with E-state index in [4.69, 9.17) is 0 Å². The number of para-hydroxylation sites is 1. The molecule has 0 bridgehead atoms. The fourth-order valence-corrected chi connectivity index (χ4v) is 2.63. The van der Waals surface area contributed by atoms with E-state index in [1.54, 1.807) is 0 Å². The molecule has 2 heteroatoms. The Labute approximate surface area is 113 Å². The van der Waals surface area contributed by atoms with E-state index < -0.39 is 0 Å². The highest BCUT2D eigenvalue weighted by atomic mass is 16.1. The number of aryl methyl sites for hydroxylation is 2. The highest BCUT2D eigenvalue weighted by molar-refractivity contribution is 5.97. The van der Waals surface area contributed by atoms with Crippen LogP contribution in [0, 0.1) is 6.92 Å². The second kappa shape index (κ2) is 4.88. The molecule has 0 spiro atoms. The molecule has 2 nitrogen and oxygen atoms in total. The predicted molar refractivity (Wildman–Crippen MR) is 77.3 cm³/mol. The third-order valence-corrected chi connectivity index (χ3v) is 3.77. The molecule has 0 aromatic heterocycles. The van der Waals surface area contributed by atoms with Gasteiger partial charge in [0.1, 0.15) is 0 Å². The lowest BCUT2D eigenvalue weighted by Crippen LogP contribution is -2.19. The van der Waals surface area contributed by atoms with Gasteiger partial charge < -0.3 is 5.32 Å². The van der Waals surface area contributed by atoms with Gasteiger partial charge >= 0.3 is 0 Å². The molecule has 2 aromatic rings. The minimum atomic E-state index is -0.0481. The zero-order valence-corrected chi connectivity index (χ0v) is 11.0. The average molecular weight is 251 g/mol. The number of nitrogens with one attached hydrogen (secondary N) is 1. The molecule has 1 aliphatic rings. The van der Waals surface area contributed by atoms with Crippen molar-refractivity contribution in [2.45, 2.75) is 25.7 Å². The number of anilines is 1. The molecule has 1 unspecified atom stereocenters. The summed E-state index contributed by atoms with van der Waals surface area (Å²) in [6.07, 6.45) is 1.80. The summed E-state index contributed by atoms with van der Waals surface area (Å²) >= 11 is 0. The Morgan fingerprint density at radius 1 is 1.05 bits per heavy atom. The van der Waals surface area contributed by atoms with E-state index in [0.717, 1.165) is 24.1 Å². The van der Waals surface area contributed by atoms with Crippen LogP contribution in [0.4, 0.5) is 5.69 Å². The topological polar surface area (TPSA) is 29.1 Å². The Balaban J connectivity index is 1.90. The second-order valence-electron chi connectivity index (χ2n) is 5.15. The Hall–Kier alpha value is -2.09. The normalized spacial score (nSPS) is 18.4. The van der Waals surface area contributed by atoms with Crippen molar-refractivity contribution in [2.24, 2.45) is 0 Å². The quantitative estimate of drug-likeness (QED) is 0.823. The van der Waals surface area contributed by atoms with Crippen molar-refractivity contribution >= 4 is 11.6 Å². The van der Waals surface area contributed by atoms with Crippen LogP contribution in [-0.4, -0.2) is 5.91 Å². The number of carbonyl (C=O) groups is 1. The van der Waals surface area contributed by atoms with E-state index in [-0.39, 0.29) is 11.8 Å². The Kier molecular flexibility index (Phi) is 3.08. The Morgan fingerprint density at radius 2 is 1.79 bits per heavy atom.